The van der Waals surface area contributed by atoms with E-state index in [0.29, 0.717) is 4.90 Å². The third-order valence-corrected chi connectivity index (χ3v) is 6.68. The van der Waals surface area contributed by atoms with E-state index in [2.05, 4.69) is 46.5 Å². The number of ether oxygens (including phenoxy) is 1. The van der Waals surface area contributed by atoms with Crippen molar-refractivity contribution in [1.29, 1.82) is 0 Å². The molecular weight excluding hydrogens is 465 g/mol. The van der Waals surface area contributed by atoms with Crippen LogP contribution in [0.2, 0.25) is 15.2 Å². The molecule has 2 rings (SSSR count). The van der Waals surface area contributed by atoms with Crippen LogP contribution in [0.1, 0.15) is 70.0 Å². The van der Waals surface area contributed by atoms with Gasteiger partial charge in [0.15, 0.2) is 0 Å². The van der Waals surface area contributed by atoms with Gasteiger partial charge in [0, 0.05) is 9.92 Å². The van der Waals surface area contributed by atoms with Gasteiger partial charge in [0.05, 0.1) is 11.5 Å². The first kappa shape index (κ1) is 25.1. The van der Waals surface area contributed by atoms with E-state index in [9.17, 15) is 9.59 Å². The van der Waals surface area contributed by atoms with Gasteiger partial charge in [-0.25, -0.2) is 4.79 Å². The predicted octanol–water partition coefficient (Wildman–Crippen LogP) is 7.26. The summed E-state index contributed by atoms with van der Waals surface area (Å²) < 4.78 is 5.10. The first-order valence-electron chi connectivity index (χ1n) is 9.49. The maximum atomic E-state index is 12.5. The zero-order valence-electron chi connectivity index (χ0n) is 18.1. The van der Waals surface area contributed by atoms with Crippen molar-refractivity contribution in [1.82, 2.24) is 4.98 Å². The standard InChI is InChI=1S/C22H26Cl3NO3S/c1-8-29-20(28)14-16(24)19(27)26-18(25)17(14)30-11-9-12(21(2,3)4)15(23)13(10-11)22(5,6)7/h9-10H,8H2,1-7H3,(H,26,27). The van der Waals surface area contributed by atoms with Crippen LogP contribution in [0.15, 0.2) is 26.7 Å². The van der Waals surface area contributed by atoms with E-state index in [1.54, 1.807) is 6.92 Å². The summed E-state index contributed by atoms with van der Waals surface area (Å²) in [6, 6.07) is 3.96. The van der Waals surface area contributed by atoms with Crippen LogP contribution in [0, 0.1) is 0 Å². The molecule has 1 heterocycles. The molecule has 0 saturated heterocycles. The summed E-state index contributed by atoms with van der Waals surface area (Å²) in [6.07, 6.45) is 0. The minimum atomic E-state index is -0.695. The molecule has 0 radical (unpaired) electrons. The predicted molar refractivity (Wildman–Crippen MR) is 126 cm³/mol. The maximum absolute atomic E-state index is 12.5. The molecule has 0 atom stereocenters. The highest BCUT2D eigenvalue weighted by molar-refractivity contribution is 7.99. The molecule has 0 spiro atoms. The number of nitrogens with one attached hydrogen (secondary N) is 1. The normalized spacial score (nSPS) is 12.2. The number of rotatable bonds is 4. The molecule has 0 fully saturated rings. The lowest BCUT2D eigenvalue weighted by atomic mass is 9.80. The third-order valence-electron chi connectivity index (χ3n) is 4.43. The lowest BCUT2D eigenvalue weighted by Gasteiger charge is -2.28. The zero-order valence-corrected chi connectivity index (χ0v) is 21.2. The molecule has 1 aromatic heterocycles. The first-order chi connectivity index (χ1) is 13.7. The van der Waals surface area contributed by atoms with Crippen LogP contribution < -0.4 is 5.56 Å². The van der Waals surface area contributed by atoms with Crippen molar-refractivity contribution in [2.24, 2.45) is 0 Å². The average molecular weight is 491 g/mol. The number of esters is 1. The Hall–Kier alpha value is -1.14. The number of halogens is 3. The van der Waals surface area contributed by atoms with Crippen molar-refractivity contribution in [3.63, 3.8) is 0 Å². The molecule has 4 nitrogen and oxygen atoms in total. The summed E-state index contributed by atoms with van der Waals surface area (Å²) in [6.45, 7) is 14.3. The highest BCUT2D eigenvalue weighted by Gasteiger charge is 2.28. The highest BCUT2D eigenvalue weighted by atomic mass is 35.5. The van der Waals surface area contributed by atoms with Gasteiger partial charge in [-0.3, -0.25) is 4.79 Å². The van der Waals surface area contributed by atoms with Gasteiger partial charge in [-0.2, -0.15) is 0 Å². The molecule has 0 aliphatic carbocycles. The van der Waals surface area contributed by atoms with E-state index in [0.717, 1.165) is 21.0 Å². The SMILES string of the molecule is CCOC(=O)c1c(Sc2cc(C(C)(C)C)c(Cl)c(C(C)(C)C)c2)c(Cl)[nH]c(=O)c1Cl. The Morgan fingerprint density at radius 2 is 1.50 bits per heavy atom. The number of hydrogen-bond acceptors (Lipinski definition) is 4. The molecule has 0 aliphatic heterocycles. The summed E-state index contributed by atoms with van der Waals surface area (Å²) in [5.74, 6) is -0.695. The van der Waals surface area contributed by atoms with Gasteiger partial charge in [0.1, 0.15) is 15.7 Å². The smallest absolute Gasteiger partial charge is 0.341 e. The number of carbonyl (C=O) groups is 1. The van der Waals surface area contributed by atoms with Gasteiger partial charge in [0.2, 0.25) is 0 Å². The van der Waals surface area contributed by atoms with E-state index in [-0.39, 0.29) is 33.2 Å². The fourth-order valence-corrected chi connectivity index (χ4v) is 5.15. The highest BCUT2D eigenvalue weighted by Crippen LogP contribution is 2.44. The number of hydrogen-bond donors (Lipinski definition) is 1. The van der Waals surface area contributed by atoms with Crippen LogP contribution in [0.5, 0.6) is 0 Å². The monoisotopic (exact) mass is 489 g/mol. The molecule has 2 aromatic rings. The van der Waals surface area contributed by atoms with Crippen molar-refractivity contribution in [3.8, 4) is 0 Å². The van der Waals surface area contributed by atoms with Crippen LogP contribution in [-0.4, -0.2) is 17.6 Å². The number of H-pyrrole nitrogens is 1. The Morgan fingerprint density at radius 1 is 1.00 bits per heavy atom. The molecule has 0 amide bonds. The van der Waals surface area contributed by atoms with Crippen LogP contribution in [0.4, 0.5) is 0 Å². The molecule has 0 saturated carbocycles. The molecule has 1 N–H and O–H groups in total. The van der Waals surface area contributed by atoms with E-state index in [4.69, 9.17) is 39.5 Å². The van der Waals surface area contributed by atoms with Gasteiger partial charge >= 0.3 is 5.97 Å². The zero-order chi connectivity index (χ0) is 23.0. The summed E-state index contributed by atoms with van der Waals surface area (Å²) >= 11 is 20.5. The fourth-order valence-electron chi connectivity index (χ4n) is 2.88. The van der Waals surface area contributed by atoms with Crippen molar-refractivity contribution in [3.05, 3.63) is 54.4 Å². The maximum Gasteiger partial charge on any atom is 0.341 e. The fraction of sp³-hybridized carbons (Fsp3) is 0.455. The second-order valence-corrected chi connectivity index (χ2v) is 11.2. The van der Waals surface area contributed by atoms with Crippen LogP contribution in [0.3, 0.4) is 0 Å². The van der Waals surface area contributed by atoms with E-state index in [1.807, 2.05) is 12.1 Å². The molecule has 30 heavy (non-hydrogen) atoms. The average Bonchev–Trinajstić information content (AvgIpc) is 2.59. The Morgan fingerprint density at radius 3 is 1.93 bits per heavy atom. The molecule has 164 valence electrons. The summed E-state index contributed by atoms with van der Waals surface area (Å²) in [5, 5.41) is 0.499. The molecule has 0 unspecified atom stereocenters. The van der Waals surface area contributed by atoms with Crippen LogP contribution in [-0.2, 0) is 15.6 Å². The van der Waals surface area contributed by atoms with Gasteiger partial charge < -0.3 is 9.72 Å². The van der Waals surface area contributed by atoms with Crippen molar-refractivity contribution < 1.29 is 9.53 Å². The second-order valence-electron chi connectivity index (χ2n) is 8.94. The lowest BCUT2D eigenvalue weighted by Crippen LogP contribution is -2.18. The number of aromatic nitrogens is 1. The van der Waals surface area contributed by atoms with Crippen molar-refractivity contribution >= 4 is 52.5 Å². The number of aromatic amines is 1. The van der Waals surface area contributed by atoms with Crippen LogP contribution in [0.25, 0.3) is 0 Å². The Balaban J connectivity index is 2.76. The molecule has 0 bridgehead atoms. The van der Waals surface area contributed by atoms with E-state index in [1.165, 1.54) is 11.8 Å². The summed E-state index contributed by atoms with van der Waals surface area (Å²) in [4.78, 5) is 28.3. The van der Waals surface area contributed by atoms with Crippen LogP contribution >= 0.6 is 46.6 Å². The summed E-state index contributed by atoms with van der Waals surface area (Å²) in [7, 11) is 0. The Bertz CT molecular complexity index is 999. The van der Waals surface area contributed by atoms with Gasteiger partial charge in [-0.15, -0.1) is 0 Å². The molecule has 8 heteroatoms. The van der Waals surface area contributed by atoms with Crippen molar-refractivity contribution in [2.45, 2.75) is 69.1 Å². The Kier molecular flexibility index (Phi) is 7.67. The minimum absolute atomic E-state index is 0.0296. The minimum Gasteiger partial charge on any atom is -0.462 e. The number of pyridine rings is 1. The Labute approximate surface area is 196 Å². The van der Waals surface area contributed by atoms with E-state index >= 15 is 0 Å². The number of carbonyl (C=O) groups excluding carboxylic acids is 1. The molecular formula is C22H26Cl3NO3S. The van der Waals surface area contributed by atoms with Crippen molar-refractivity contribution in [2.75, 3.05) is 6.61 Å². The van der Waals surface area contributed by atoms with Gasteiger partial charge in [-0.1, -0.05) is 88.1 Å². The van der Waals surface area contributed by atoms with Gasteiger partial charge in [0.25, 0.3) is 5.56 Å². The second kappa shape index (κ2) is 9.15. The van der Waals surface area contributed by atoms with Gasteiger partial charge in [-0.05, 0) is 41.0 Å². The topological polar surface area (TPSA) is 59.2 Å². The summed E-state index contributed by atoms with van der Waals surface area (Å²) in [5.41, 5.74) is 0.860. The third kappa shape index (κ3) is 5.37. The first-order valence-corrected chi connectivity index (χ1v) is 11.4. The van der Waals surface area contributed by atoms with E-state index < -0.39 is 11.5 Å². The quantitative estimate of drug-likeness (QED) is 0.362. The largest absolute Gasteiger partial charge is 0.462 e. The number of benzene rings is 1. The lowest BCUT2D eigenvalue weighted by molar-refractivity contribution is 0.0522. The molecule has 1 aromatic carbocycles. The molecule has 0 aliphatic rings.